The molecule has 21 heavy (non-hydrogen) atoms. The van der Waals surface area contributed by atoms with Gasteiger partial charge in [-0.15, -0.1) is 0 Å². The minimum absolute atomic E-state index is 0.0950. The van der Waals surface area contributed by atoms with Gasteiger partial charge >= 0.3 is 0 Å². The quantitative estimate of drug-likeness (QED) is 0.501. The Labute approximate surface area is 126 Å². The maximum absolute atomic E-state index is 11.7. The van der Waals surface area contributed by atoms with Gasteiger partial charge in [-0.3, -0.25) is 4.79 Å². The van der Waals surface area contributed by atoms with E-state index in [4.69, 9.17) is 4.42 Å². The predicted octanol–water partition coefficient (Wildman–Crippen LogP) is 1.50. The maximum Gasteiger partial charge on any atom is 0.242 e. The molecule has 0 atom stereocenters. The molecule has 0 fully saturated rings. The third-order valence-electron chi connectivity index (χ3n) is 2.78. The van der Waals surface area contributed by atoms with Crippen LogP contribution in [0.2, 0.25) is 0 Å². The first-order valence-electron chi connectivity index (χ1n) is 7.43. The summed E-state index contributed by atoms with van der Waals surface area (Å²) in [5.74, 6) is 1.91. The normalized spacial score (nSPS) is 11.5. The lowest BCUT2D eigenvalue weighted by molar-refractivity contribution is -0.119. The molecule has 118 valence electrons. The van der Waals surface area contributed by atoms with Crippen LogP contribution in [0.1, 0.15) is 33.0 Å². The van der Waals surface area contributed by atoms with Gasteiger partial charge in [0.05, 0.1) is 12.8 Å². The van der Waals surface area contributed by atoms with Crippen molar-refractivity contribution in [1.82, 2.24) is 16.0 Å². The highest BCUT2D eigenvalue weighted by Gasteiger charge is 2.03. The monoisotopic (exact) mass is 294 g/mol. The van der Waals surface area contributed by atoms with E-state index < -0.39 is 0 Å². The van der Waals surface area contributed by atoms with Gasteiger partial charge in [-0.1, -0.05) is 13.8 Å². The third kappa shape index (κ3) is 8.02. The smallest absolute Gasteiger partial charge is 0.242 e. The average molecular weight is 294 g/mol. The summed E-state index contributed by atoms with van der Waals surface area (Å²) in [6.45, 7) is 8.44. The Morgan fingerprint density at radius 2 is 2.14 bits per heavy atom. The van der Waals surface area contributed by atoms with E-state index in [9.17, 15) is 4.79 Å². The van der Waals surface area contributed by atoms with Gasteiger partial charge in [-0.2, -0.15) is 0 Å². The van der Waals surface area contributed by atoms with Crippen LogP contribution in [0.5, 0.6) is 0 Å². The van der Waals surface area contributed by atoms with Crippen LogP contribution < -0.4 is 16.0 Å². The molecule has 1 rings (SSSR count). The van der Waals surface area contributed by atoms with Gasteiger partial charge in [0.2, 0.25) is 5.91 Å². The Balaban J connectivity index is 2.32. The molecule has 0 aliphatic heterocycles. The molecule has 0 radical (unpaired) electrons. The molecule has 1 amide bonds. The fraction of sp³-hybridized carbons (Fsp3) is 0.600. The van der Waals surface area contributed by atoms with Crippen molar-refractivity contribution in [1.29, 1.82) is 0 Å². The lowest BCUT2D eigenvalue weighted by Gasteiger charge is -2.12. The topological polar surface area (TPSA) is 78.7 Å². The fourth-order valence-corrected chi connectivity index (χ4v) is 1.63. The Kier molecular flexibility index (Phi) is 8.01. The number of hydrogen-bond acceptors (Lipinski definition) is 3. The van der Waals surface area contributed by atoms with Crippen molar-refractivity contribution in [2.75, 3.05) is 19.6 Å². The maximum atomic E-state index is 11.7. The van der Waals surface area contributed by atoms with Crippen molar-refractivity contribution in [3.05, 3.63) is 24.2 Å². The van der Waals surface area contributed by atoms with Crippen molar-refractivity contribution < 1.29 is 9.21 Å². The molecule has 1 heterocycles. The first kappa shape index (κ1) is 17.1. The Morgan fingerprint density at radius 3 is 2.76 bits per heavy atom. The molecular weight excluding hydrogens is 268 g/mol. The van der Waals surface area contributed by atoms with E-state index >= 15 is 0 Å². The van der Waals surface area contributed by atoms with Crippen LogP contribution in [0.15, 0.2) is 27.8 Å². The highest BCUT2D eigenvalue weighted by atomic mass is 16.3. The number of rotatable bonds is 8. The van der Waals surface area contributed by atoms with E-state index in [0.717, 1.165) is 25.3 Å². The minimum Gasteiger partial charge on any atom is -0.467 e. The van der Waals surface area contributed by atoms with Crippen LogP contribution >= 0.6 is 0 Å². The summed E-state index contributed by atoms with van der Waals surface area (Å²) in [6.07, 6.45) is 2.65. The number of carbonyl (C=O) groups is 1. The number of guanidine groups is 1. The zero-order valence-corrected chi connectivity index (χ0v) is 13.1. The third-order valence-corrected chi connectivity index (χ3v) is 2.78. The van der Waals surface area contributed by atoms with E-state index in [1.54, 1.807) is 12.3 Å². The highest BCUT2D eigenvalue weighted by molar-refractivity contribution is 5.84. The molecule has 0 aromatic carbocycles. The number of hydrogen-bond donors (Lipinski definition) is 3. The van der Waals surface area contributed by atoms with Gasteiger partial charge in [-0.25, -0.2) is 4.99 Å². The summed E-state index contributed by atoms with van der Waals surface area (Å²) in [7, 11) is 0. The lowest BCUT2D eigenvalue weighted by atomic mass is 10.1. The van der Waals surface area contributed by atoms with Crippen molar-refractivity contribution in [2.45, 2.75) is 33.7 Å². The number of furan rings is 1. The summed E-state index contributed by atoms with van der Waals surface area (Å²) in [6, 6.07) is 3.61. The standard InChI is InChI=1S/C15H26N4O2/c1-4-16-15(17-8-7-12(2)3)19-11-14(20)18-10-13-6-5-9-21-13/h5-6,9,12H,4,7-8,10-11H2,1-3H3,(H,18,20)(H2,16,17,19). The molecular formula is C15H26N4O2. The molecule has 1 aromatic heterocycles. The molecule has 0 bridgehead atoms. The van der Waals surface area contributed by atoms with E-state index in [2.05, 4.69) is 34.8 Å². The average Bonchev–Trinajstić information content (AvgIpc) is 2.95. The number of nitrogens with zero attached hydrogens (tertiary/aromatic N) is 1. The molecule has 0 aliphatic rings. The predicted molar refractivity (Wildman–Crippen MR) is 84.0 cm³/mol. The second kappa shape index (κ2) is 9.85. The Bertz CT molecular complexity index is 427. The van der Waals surface area contributed by atoms with E-state index in [-0.39, 0.29) is 12.5 Å². The Hall–Kier alpha value is -1.98. The van der Waals surface area contributed by atoms with Crippen LogP contribution in [0, 0.1) is 5.92 Å². The molecule has 1 aromatic rings. The number of nitrogens with one attached hydrogen (secondary N) is 3. The van der Waals surface area contributed by atoms with Gasteiger partial charge in [0.25, 0.3) is 0 Å². The fourth-order valence-electron chi connectivity index (χ4n) is 1.63. The zero-order valence-electron chi connectivity index (χ0n) is 13.1. The summed E-state index contributed by atoms with van der Waals surface area (Å²) < 4.78 is 5.15. The van der Waals surface area contributed by atoms with E-state index in [0.29, 0.717) is 18.4 Å². The van der Waals surface area contributed by atoms with Crippen molar-refractivity contribution in [3.63, 3.8) is 0 Å². The van der Waals surface area contributed by atoms with E-state index in [1.165, 1.54) is 0 Å². The molecule has 3 N–H and O–H groups in total. The van der Waals surface area contributed by atoms with Crippen molar-refractivity contribution in [2.24, 2.45) is 10.9 Å². The second-order valence-corrected chi connectivity index (χ2v) is 5.16. The molecule has 6 nitrogen and oxygen atoms in total. The van der Waals surface area contributed by atoms with Crippen LogP contribution in [0.4, 0.5) is 0 Å². The van der Waals surface area contributed by atoms with Crippen LogP contribution in [-0.4, -0.2) is 31.5 Å². The first-order valence-corrected chi connectivity index (χ1v) is 7.43. The van der Waals surface area contributed by atoms with Gasteiger partial charge in [-0.05, 0) is 31.4 Å². The summed E-state index contributed by atoms with van der Waals surface area (Å²) >= 11 is 0. The second-order valence-electron chi connectivity index (χ2n) is 5.16. The van der Waals surface area contributed by atoms with Crippen LogP contribution in [0.25, 0.3) is 0 Å². The number of aliphatic imine (C=N–C) groups is 1. The Morgan fingerprint density at radius 1 is 1.33 bits per heavy atom. The summed E-state index contributed by atoms with van der Waals surface area (Å²) in [5.41, 5.74) is 0. The number of carbonyl (C=O) groups excluding carboxylic acids is 1. The van der Waals surface area contributed by atoms with Gasteiger partial charge in [0.15, 0.2) is 5.96 Å². The summed E-state index contributed by atoms with van der Waals surface area (Å²) in [5, 5.41) is 9.10. The largest absolute Gasteiger partial charge is 0.467 e. The van der Waals surface area contributed by atoms with Gasteiger partial charge < -0.3 is 20.4 Å². The van der Waals surface area contributed by atoms with Crippen LogP contribution in [0.3, 0.4) is 0 Å². The molecule has 0 unspecified atom stereocenters. The van der Waals surface area contributed by atoms with Gasteiger partial charge in [0, 0.05) is 13.1 Å². The molecule has 6 heteroatoms. The van der Waals surface area contributed by atoms with Crippen LogP contribution in [-0.2, 0) is 11.3 Å². The first-order chi connectivity index (χ1) is 10.1. The SMILES string of the molecule is CCNC(=NCC(=O)NCc1ccco1)NCCC(C)C. The lowest BCUT2D eigenvalue weighted by Crippen LogP contribution is -2.39. The summed E-state index contributed by atoms with van der Waals surface area (Å²) in [4.78, 5) is 16.0. The molecule has 0 aliphatic carbocycles. The van der Waals surface area contributed by atoms with Gasteiger partial charge in [0.1, 0.15) is 12.3 Å². The zero-order chi connectivity index (χ0) is 15.5. The van der Waals surface area contributed by atoms with E-state index in [1.807, 2.05) is 13.0 Å². The number of amides is 1. The minimum atomic E-state index is -0.132. The van der Waals surface area contributed by atoms with Crippen molar-refractivity contribution >= 4 is 11.9 Å². The molecule has 0 saturated carbocycles. The highest BCUT2D eigenvalue weighted by Crippen LogP contribution is 1.98. The van der Waals surface area contributed by atoms with Crippen molar-refractivity contribution in [3.8, 4) is 0 Å². The molecule has 0 saturated heterocycles. The molecule has 0 spiro atoms.